The van der Waals surface area contributed by atoms with E-state index in [1.165, 1.54) is 4.88 Å². The average molecular weight is 388 g/mol. The molecule has 7 heteroatoms. The Kier molecular flexibility index (Phi) is 6.92. The van der Waals surface area contributed by atoms with Gasteiger partial charge in [0, 0.05) is 43.8 Å². The van der Waals surface area contributed by atoms with E-state index in [0.29, 0.717) is 6.54 Å². The number of piperazine rings is 1. The number of para-hydroxylation sites is 2. The minimum Gasteiger partial charge on any atom is -0.495 e. The number of aliphatic imine (C=N–C) groups is 1. The van der Waals surface area contributed by atoms with Crippen molar-refractivity contribution in [3.8, 4) is 5.75 Å². The highest BCUT2D eigenvalue weighted by atomic mass is 32.1. The monoisotopic (exact) mass is 387 g/mol. The highest BCUT2D eigenvalue weighted by Crippen LogP contribution is 2.28. The first kappa shape index (κ1) is 19.5. The minimum absolute atomic E-state index is 0.639. The standard InChI is InChI=1S/C20H29N5OS/c1-4-16-14-22-19(27-16)15-23-20(21-5-2)25-12-10-24(11-13-25)17-8-6-7-9-18(17)26-3/h6-9,14H,4-5,10-13,15H2,1-3H3,(H,21,23). The zero-order valence-electron chi connectivity index (χ0n) is 16.4. The number of ether oxygens (including phenoxy) is 1. The van der Waals surface area contributed by atoms with Crippen LogP contribution in [0.25, 0.3) is 0 Å². The van der Waals surface area contributed by atoms with Gasteiger partial charge in [-0.15, -0.1) is 11.3 Å². The smallest absolute Gasteiger partial charge is 0.194 e. The largest absolute Gasteiger partial charge is 0.495 e. The fraction of sp³-hybridized carbons (Fsp3) is 0.500. The Balaban J connectivity index is 1.63. The van der Waals surface area contributed by atoms with E-state index < -0.39 is 0 Å². The molecule has 1 aliphatic heterocycles. The van der Waals surface area contributed by atoms with Crippen LogP contribution in [0, 0.1) is 0 Å². The van der Waals surface area contributed by atoms with Gasteiger partial charge in [-0.25, -0.2) is 9.98 Å². The van der Waals surface area contributed by atoms with Crippen LogP contribution < -0.4 is 15.0 Å². The van der Waals surface area contributed by atoms with Crippen LogP contribution in [-0.4, -0.2) is 55.7 Å². The predicted molar refractivity (Wildman–Crippen MR) is 113 cm³/mol. The van der Waals surface area contributed by atoms with Gasteiger partial charge in [0.2, 0.25) is 0 Å². The summed E-state index contributed by atoms with van der Waals surface area (Å²) in [5, 5.41) is 4.51. The second kappa shape index (κ2) is 9.60. The van der Waals surface area contributed by atoms with E-state index in [4.69, 9.17) is 9.73 Å². The summed E-state index contributed by atoms with van der Waals surface area (Å²) < 4.78 is 5.51. The molecule has 1 N–H and O–H groups in total. The second-order valence-corrected chi connectivity index (χ2v) is 7.59. The number of nitrogens with one attached hydrogen (secondary N) is 1. The second-order valence-electron chi connectivity index (χ2n) is 6.39. The first-order valence-electron chi connectivity index (χ1n) is 9.60. The van der Waals surface area contributed by atoms with Crippen LogP contribution in [0.4, 0.5) is 5.69 Å². The van der Waals surface area contributed by atoms with Crippen molar-refractivity contribution < 1.29 is 4.74 Å². The Labute approximate surface area is 165 Å². The molecule has 0 saturated carbocycles. The van der Waals surface area contributed by atoms with Crippen molar-refractivity contribution >= 4 is 23.0 Å². The van der Waals surface area contributed by atoms with Gasteiger partial charge in [0.05, 0.1) is 19.3 Å². The van der Waals surface area contributed by atoms with E-state index >= 15 is 0 Å². The SMILES string of the molecule is CCNC(=NCc1ncc(CC)s1)N1CCN(c2ccccc2OC)CC1. The van der Waals surface area contributed by atoms with Gasteiger partial charge in [0.15, 0.2) is 5.96 Å². The van der Waals surface area contributed by atoms with E-state index in [2.05, 4.69) is 46.1 Å². The third-order valence-electron chi connectivity index (χ3n) is 4.65. The highest BCUT2D eigenvalue weighted by Gasteiger charge is 2.21. The molecule has 1 saturated heterocycles. The molecule has 0 radical (unpaired) electrons. The lowest BCUT2D eigenvalue weighted by atomic mass is 10.2. The van der Waals surface area contributed by atoms with Crippen LogP contribution in [0.2, 0.25) is 0 Å². The highest BCUT2D eigenvalue weighted by molar-refractivity contribution is 7.11. The Bertz CT molecular complexity index is 752. The molecule has 0 atom stereocenters. The van der Waals surface area contributed by atoms with Crippen molar-refractivity contribution in [2.75, 3.05) is 44.7 Å². The lowest BCUT2D eigenvalue weighted by Crippen LogP contribution is -2.52. The van der Waals surface area contributed by atoms with Crippen molar-refractivity contribution in [2.45, 2.75) is 26.8 Å². The van der Waals surface area contributed by atoms with Crippen LogP contribution in [0.15, 0.2) is 35.5 Å². The molecule has 0 unspecified atom stereocenters. The Morgan fingerprint density at radius 3 is 2.67 bits per heavy atom. The van der Waals surface area contributed by atoms with Crippen molar-refractivity contribution in [1.29, 1.82) is 0 Å². The maximum atomic E-state index is 5.51. The molecular weight excluding hydrogens is 358 g/mol. The fourth-order valence-electron chi connectivity index (χ4n) is 3.20. The number of rotatable bonds is 6. The molecule has 0 amide bonds. The van der Waals surface area contributed by atoms with Crippen LogP contribution in [-0.2, 0) is 13.0 Å². The van der Waals surface area contributed by atoms with Crippen LogP contribution in [0.5, 0.6) is 5.75 Å². The average Bonchev–Trinajstić information content (AvgIpc) is 3.19. The first-order chi connectivity index (χ1) is 13.2. The lowest BCUT2D eigenvalue weighted by molar-refractivity contribution is 0.367. The van der Waals surface area contributed by atoms with Gasteiger partial charge in [0.1, 0.15) is 10.8 Å². The number of methoxy groups -OCH3 is 1. The predicted octanol–water partition coefficient (Wildman–Crippen LogP) is 3.00. The van der Waals surface area contributed by atoms with Gasteiger partial charge >= 0.3 is 0 Å². The zero-order chi connectivity index (χ0) is 19.1. The van der Waals surface area contributed by atoms with Gasteiger partial charge in [-0.1, -0.05) is 19.1 Å². The molecule has 1 aromatic heterocycles. The molecule has 1 aromatic carbocycles. The van der Waals surface area contributed by atoms with E-state index in [1.807, 2.05) is 18.3 Å². The maximum absolute atomic E-state index is 5.51. The number of anilines is 1. The third-order valence-corrected chi connectivity index (χ3v) is 5.78. The lowest BCUT2D eigenvalue weighted by Gasteiger charge is -2.38. The molecule has 1 fully saturated rings. The number of thiazole rings is 1. The van der Waals surface area contributed by atoms with Gasteiger partial charge < -0.3 is 19.9 Å². The van der Waals surface area contributed by atoms with E-state index in [1.54, 1.807) is 18.4 Å². The number of guanidine groups is 1. The van der Waals surface area contributed by atoms with Gasteiger partial charge in [-0.05, 0) is 25.5 Å². The number of aromatic nitrogens is 1. The molecular formula is C20H29N5OS. The summed E-state index contributed by atoms with van der Waals surface area (Å²) in [6, 6.07) is 8.22. The van der Waals surface area contributed by atoms with Gasteiger partial charge in [-0.3, -0.25) is 0 Å². The van der Waals surface area contributed by atoms with Gasteiger partial charge in [-0.2, -0.15) is 0 Å². The van der Waals surface area contributed by atoms with Crippen molar-refractivity contribution in [3.63, 3.8) is 0 Å². The summed E-state index contributed by atoms with van der Waals surface area (Å²) in [4.78, 5) is 15.3. The molecule has 0 spiro atoms. The van der Waals surface area contributed by atoms with Crippen LogP contribution >= 0.6 is 11.3 Å². The Morgan fingerprint density at radius 2 is 2.00 bits per heavy atom. The van der Waals surface area contributed by atoms with E-state index in [9.17, 15) is 0 Å². The normalized spacial score (nSPS) is 15.1. The molecule has 0 bridgehead atoms. The maximum Gasteiger partial charge on any atom is 0.194 e. The van der Waals surface area contributed by atoms with Crippen molar-refractivity contribution in [3.05, 3.63) is 40.3 Å². The molecule has 0 aliphatic carbocycles. The summed E-state index contributed by atoms with van der Waals surface area (Å²) >= 11 is 1.75. The molecule has 146 valence electrons. The summed E-state index contributed by atoms with van der Waals surface area (Å²) in [7, 11) is 1.73. The molecule has 27 heavy (non-hydrogen) atoms. The van der Waals surface area contributed by atoms with E-state index in [-0.39, 0.29) is 0 Å². The summed E-state index contributed by atoms with van der Waals surface area (Å²) in [6.45, 7) is 9.53. The van der Waals surface area contributed by atoms with Gasteiger partial charge in [0.25, 0.3) is 0 Å². The number of nitrogens with zero attached hydrogens (tertiary/aromatic N) is 4. The van der Waals surface area contributed by atoms with Crippen molar-refractivity contribution in [2.24, 2.45) is 4.99 Å². The van der Waals surface area contributed by atoms with Crippen molar-refractivity contribution in [1.82, 2.24) is 15.2 Å². The van der Waals surface area contributed by atoms with E-state index in [0.717, 1.165) is 61.5 Å². The fourth-order valence-corrected chi connectivity index (χ4v) is 3.99. The third kappa shape index (κ3) is 4.91. The molecule has 6 nitrogen and oxygen atoms in total. The topological polar surface area (TPSA) is 53.0 Å². The summed E-state index contributed by atoms with van der Waals surface area (Å²) in [6.07, 6.45) is 3.00. The molecule has 2 aromatic rings. The molecule has 1 aliphatic rings. The molecule has 3 rings (SSSR count). The van der Waals surface area contributed by atoms with Crippen LogP contribution in [0.3, 0.4) is 0 Å². The van der Waals surface area contributed by atoms with Crippen LogP contribution in [0.1, 0.15) is 23.7 Å². The number of hydrogen-bond donors (Lipinski definition) is 1. The minimum atomic E-state index is 0.639. The number of benzene rings is 1. The summed E-state index contributed by atoms with van der Waals surface area (Å²) in [5.74, 6) is 1.91. The quantitative estimate of drug-likeness (QED) is 0.610. The Hall–Kier alpha value is -2.28. The Morgan fingerprint density at radius 1 is 1.22 bits per heavy atom. The first-order valence-corrected chi connectivity index (χ1v) is 10.4. The number of aryl methyl sites for hydroxylation is 1. The molecule has 2 heterocycles. The summed E-state index contributed by atoms with van der Waals surface area (Å²) in [5.41, 5.74) is 1.16. The zero-order valence-corrected chi connectivity index (χ0v) is 17.3. The number of hydrogen-bond acceptors (Lipinski definition) is 5.